The van der Waals surface area contributed by atoms with E-state index in [1.165, 1.54) is 7.11 Å². The molecule has 0 aliphatic carbocycles. The lowest BCUT2D eigenvalue weighted by atomic mass is 10.3. The molecule has 1 aromatic carbocycles. The Morgan fingerprint density at radius 3 is 2.61 bits per heavy atom. The van der Waals surface area contributed by atoms with Crippen LogP contribution in [0.3, 0.4) is 0 Å². The highest BCUT2D eigenvalue weighted by Crippen LogP contribution is 2.52. The molecule has 0 saturated heterocycles. The Labute approximate surface area is 113 Å². The van der Waals surface area contributed by atoms with Crippen LogP contribution in [0.4, 0.5) is 5.69 Å². The van der Waals surface area contributed by atoms with E-state index in [2.05, 4.69) is 0 Å². The fourth-order valence-electron chi connectivity index (χ4n) is 1.65. The van der Waals surface area contributed by atoms with Crippen molar-refractivity contribution in [3.63, 3.8) is 0 Å². The SMILES string of the molecule is CCC(Oc1cc(N)ccc1Cl)P(=O)(CC)OC. The van der Waals surface area contributed by atoms with Gasteiger partial charge in [-0.25, -0.2) is 0 Å². The van der Waals surface area contributed by atoms with E-state index in [-0.39, 0.29) is 0 Å². The van der Waals surface area contributed by atoms with Gasteiger partial charge >= 0.3 is 0 Å². The van der Waals surface area contributed by atoms with Gasteiger partial charge < -0.3 is 15.0 Å². The maximum absolute atomic E-state index is 12.5. The van der Waals surface area contributed by atoms with Crippen molar-refractivity contribution in [1.29, 1.82) is 0 Å². The minimum Gasteiger partial charge on any atom is -0.479 e. The zero-order chi connectivity index (χ0) is 13.8. The first-order chi connectivity index (χ1) is 8.46. The number of nitrogen functional groups attached to an aromatic ring is 1. The Morgan fingerprint density at radius 1 is 1.44 bits per heavy atom. The summed E-state index contributed by atoms with van der Waals surface area (Å²) in [5, 5.41) is 0.446. The maximum atomic E-state index is 12.5. The van der Waals surface area contributed by atoms with Gasteiger partial charge in [-0.1, -0.05) is 25.4 Å². The molecule has 102 valence electrons. The van der Waals surface area contributed by atoms with E-state index < -0.39 is 13.2 Å². The van der Waals surface area contributed by atoms with Gasteiger partial charge in [-0.2, -0.15) is 0 Å². The molecule has 0 aliphatic rings. The molecular weight excluding hydrogens is 273 g/mol. The molecule has 18 heavy (non-hydrogen) atoms. The van der Waals surface area contributed by atoms with E-state index in [9.17, 15) is 4.57 Å². The molecule has 4 nitrogen and oxygen atoms in total. The zero-order valence-electron chi connectivity index (χ0n) is 10.9. The topological polar surface area (TPSA) is 61.5 Å². The van der Waals surface area contributed by atoms with Crippen molar-refractivity contribution in [2.75, 3.05) is 19.0 Å². The van der Waals surface area contributed by atoms with Crippen molar-refractivity contribution >= 4 is 24.7 Å². The van der Waals surface area contributed by atoms with Crippen LogP contribution >= 0.6 is 19.0 Å². The van der Waals surface area contributed by atoms with Crippen molar-refractivity contribution in [3.05, 3.63) is 23.2 Å². The molecular formula is C12H19ClNO3P. The Morgan fingerprint density at radius 2 is 2.11 bits per heavy atom. The Balaban J connectivity index is 2.99. The number of hydrogen-bond acceptors (Lipinski definition) is 4. The number of ether oxygens (including phenoxy) is 1. The molecule has 6 heteroatoms. The van der Waals surface area contributed by atoms with Crippen molar-refractivity contribution < 1.29 is 13.8 Å². The molecule has 0 bridgehead atoms. The lowest BCUT2D eigenvalue weighted by Gasteiger charge is -2.25. The van der Waals surface area contributed by atoms with Crippen LogP contribution < -0.4 is 10.5 Å². The molecule has 0 fully saturated rings. The fourth-order valence-corrected chi connectivity index (χ4v) is 3.54. The third-order valence-electron chi connectivity index (χ3n) is 2.76. The summed E-state index contributed by atoms with van der Waals surface area (Å²) < 4.78 is 23.3. The average Bonchev–Trinajstić information content (AvgIpc) is 2.38. The first kappa shape index (κ1) is 15.4. The minimum atomic E-state index is -2.81. The summed E-state index contributed by atoms with van der Waals surface area (Å²) in [5.41, 5.74) is 6.23. The van der Waals surface area contributed by atoms with Gasteiger partial charge in [0.05, 0.1) is 5.02 Å². The van der Waals surface area contributed by atoms with Gasteiger partial charge in [-0.15, -0.1) is 0 Å². The largest absolute Gasteiger partial charge is 0.479 e. The van der Waals surface area contributed by atoms with E-state index in [0.717, 1.165) is 0 Å². The molecule has 2 N–H and O–H groups in total. The minimum absolute atomic E-state index is 0.419. The molecule has 0 radical (unpaired) electrons. The highest BCUT2D eigenvalue weighted by Gasteiger charge is 2.32. The van der Waals surface area contributed by atoms with Gasteiger partial charge in [0, 0.05) is 25.0 Å². The standard InChI is InChI=1S/C12H19ClNO3P/c1-4-12(18(15,5-2)16-3)17-11-8-9(14)6-7-10(11)13/h6-8,12H,4-5,14H2,1-3H3. The number of rotatable bonds is 6. The number of nitrogens with two attached hydrogens (primary N) is 1. The van der Waals surface area contributed by atoms with Crippen LogP contribution in [0.5, 0.6) is 5.75 Å². The molecule has 0 saturated carbocycles. The highest BCUT2D eigenvalue weighted by atomic mass is 35.5. The van der Waals surface area contributed by atoms with Gasteiger partial charge in [0.2, 0.25) is 7.37 Å². The van der Waals surface area contributed by atoms with E-state index in [4.69, 9.17) is 26.6 Å². The number of benzene rings is 1. The molecule has 1 aromatic rings. The summed E-state index contributed by atoms with van der Waals surface area (Å²) in [5.74, 6) is -0.0685. The predicted octanol–water partition coefficient (Wildman–Crippen LogP) is 3.98. The molecule has 0 spiro atoms. The normalized spacial score (nSPS) is 16.0. The third kappa shape index (κ3) is 3.41. The fraction of sp³-hybridized carbons (Fsp3) is 0.500. The van der Waals surface area contributed by atoms with Gasteiger partial charge in [-0.3, -0.25) is 4.57 Å². The van der Waals surface area contributed by atoms with Gasteiger partial charge in [0.1, 0.15) is 5.75 Å². The monoisotopic (exact) mass is 291 g/mol. The molecule has 2 unspecified atom stereocenters. The Bertz CT molecular complexity index is 445. The number of anilines is 1. The molecule has 0 heterocycles. The Kier molecular flexibility index (Phi) is 5.51. The predicted molar refractivity (Wildman–Crippen MR) is 75.7 cm³/mol. The van der Waals surface area contributed by atoms with Crippen molar-refractivity contribution in [3.8, 4) is 5.75 Å². The van der Waals surface area contributed by atoms with E-state index >= 15 is 0 Å². The lowest BCUT2D eigenvalue weighted by molar-refractivity contribution is 0.239. The summed E-state index contributed by atoms with van der Waals surface area (Å²) in [7, 11) is -1.37. The first-order valence-corrected chi connectivity index (χ1v) is 8.08. The zero-order valence-corrected chi connectivity index (χ0v) is 12.5. The lowest BCUT2D eigenvalue weighted by Crippen LogP contribution is -2.18. The van der Waals surface area contributed by atoms with E-state index in [1.54, 1.807) is 18.2 Å². The van der Waals surface area contributed by atoms with Crippen LogP contribution in [0.1, 0.15) is 20.3 Å². The summed E-state index contributed by atoms with van der Waals surface area (Å²) in [6.45, 7) is 3.71. The summed E-state index contributed by atoms with van der Waals surface area (Å²) in [4.78, 5) is 0. The summed E-state index contributed by atoms with van der Waals surface area (Å²) in [6, 6.07) is 4.97. The summed E-state index contributed by atoms with van der Waals surface area (Å²) in [6.07, 6.45) is 0.992. The van der Waals surface area contributed by atoms with Crippen LogP contribution in [0.15, 0.2) is 18.2 Å². The van der Waals surface area contributed by atoms with Gasteiger partial charge in [0.15, 0.2) is 5.85 Å². The average molecular weight is 292 g/mol. The maximum Gasteiger partial charge on any atom is 0.241 e. The molecule has 2 atom stereocenters. The second kappa shape index (κ2) is 6.46. The molecule has 0 amide bonds. The van der Waals surface area contributed by atoms with Crippen LogP contribution in [-0.2, 0) is 9.09 Å². The van der Waals surface area contributed by atoms with Crippen LogP contribution in [-0.4, -0.2) is 19.1 Å². The quantitative estimate of drug-likeness (QED) is 0.636. The molecule has 0 aromatic heterocycles. The van der Waals surface area contributed by atoms with Crippen LogP contribution in [0, 0.1) is 0 Å². The first-order valence-electron chi connectivity index (χ1n) is 5.83. The van der Waals surface area contributed by atoms with Gasteiger partial charge in [-0.05, 0) is 18.6 Å². The number of halogens is 1. The molecule has 0 aliphatic heterocycles. The smallest absolute Gasteiger partial charge is 0.241 e. The van der Waals surface area contributed by atoms with E-state index in [0.29, 0.717) is 29.0 Å². The number of hydrogen-bond donors (Lipinski definition) is 1. The second-order valence-electron chi connectivity index (χ2n) is 3.90. The summed E-state index contributed by atoms with van der Waals surface area (Å²) >= 11 is 6.02. The van der Waals surface area contributed by atoms with Crippen molar-refractivity contribution in [2.45, 2.75) is 26.1 Å². The highest BCUT2D eigenvalue weighted by molar-refractivity contribution is 7.59. The molecule has 1 rings (SSSR count). The van der Waals surface area contributed by atoms with E-state index in [1.807, 2.05) is 13.8 Å². The third-order valence-corrected chi connectivity index (χ3v) is 5.92. The van der Waals surface area contributed by atoms with Gasteiger partial charge in [0.25, 0.3) is 0 Å². The van der Waals surface area contributed by atoms with Crippen molar-refractivity contribution in [2.24, 2.45) is 0 Å². The Hall–Kier alpha value is -0.700. The van der Waals surface area contributed by atoms with Crippen LogP contribution in [0.25, 0.3) is 0 Å². The second-order valence-corrected chi connectivity index (χ2v) is 7.33. The van der Waals surface area contributed by atoms with Crippen molar-refractivity contribution in [1.82, 2.24) is 0 Å². The van der Waals surface area contributed by atoms with Crippen LogP contribution in [0.2, 0.25) is 5.02 Å².